The Balaban J connectivity index is 1.29. The fourth-order valence-corrected chi connectivity index (χ4v) is 4.28. The Morgan fingerprint density at radius 2 is 1.62 bits per heavy atom. The van der Waals surface area contributed by atoms with Crippen molar-refractivity contribution in [3.63, 3.8) is 0 Å². The molecule has 3 aromatic rings. The van der Waals surface area contributed by atoms with Gasteiger partial charge >= 0.3 is 0 Å². The molecule has 0 unspecified atom stereocenters. The number of ketones is 1. The van der Waals surface area contributed by atoms with Gasteiger partial charge in [-0.05, 0) is 74.7 Å². The van der Waals surface area contributed by atoms with Crippen molar-refractivity contribution in [1.29, 1.82) is 0 Å². The minimum absolute atomic E-state index is 0.00149. The van der Waals surface area contributed by atoms with Crippen LogP contribution in [0, 0.1) is 0 Å². The van der Waals surface area contributed by atoms with E-state index in [0.29, 0.717) is 16.3 Å². The molecule has 7 heteroatoms. The first-order valence-electron chi connectivity index (χ1n) is 10.8. The molecular formula is C25H26N4O2S. The average Bonchev–Trinajstić information content (AvgIpc) is 2.84. The van der Waals surface area contributed by atoms with Crippen LogP contribution >= 0.6 is 11.8 Å². The Morgan fingerprint density at radius 3 is 2.25 bits per heavy atom. The monoisotopic (exact) mass is 446 g/mol. The summed E-state index contributed by atoms with van der Waals surface area (Å²) in [5, 5.41) is 12.1. The number of nitrogens with one attached hydrogen (secondary N) is 1. The summed E-state index contributed by atoms with van der Waals surface area (Å²) in [6.45, 7) is 3.77. The van der Waals surface area contributed by atoms with Crippen molar-refractivity contribution in [3.8, 4) is 11.3 Å². The van der Waals surface area contributed by atoms with Gasteiger partial charge in [-0.3, -0.25) is 9.59 Å². The summed E-state index contributed by atoms with van der Waals surface area (Å²) in [4.78, 5) is 26.0. The number of carbonyl (C=O) groups excluding carboxylic acids is 2. The molecule has 0 saturated carbocycles. The van der Waals surface area contributed by atoms with Crippen LogP contribution in [0.15, 0.2) is 65.7 Å². The first-order valence-corrected chi connectivity index (χ1v) is 11.8. The Kier molecular flexibility index (Phi) is 7.17. The van der Waals surface area contributed by atoms with Gasteiger partial charge in [-0.15, -0.1) is 10.2 Å². The maximum Gasteiger partial charge on any atom is 0.234 e. The van der Waals surface area contributed by atoms with Crippen molar-refractivity contribution in [1.82, 2.24) is 10.2 Å². The van der Waals surface area contributed by atoms with Gasteiger partial charge in [0.25, 0.3) is 0 Å². The molecule has 2 heterocycles. The third-order valence-corrected chi connectivity index (χ3v) is 6.37. The Bertz CT molecular complexity index is 1060. The van der Waals surface area contributed by atoms with Gasteiger partial charge in [-0.1, -0.05) is 23.9 Å². The molecule has 0 bridgehead atoms. The lowest BCUT2D eigenvalue weighted by Gasteiger charge is -2.28. The molecule has 4 rings (SSSR count). The Labute approximate surface area is 192 Å². The fraction of sp³-hybridized carbons (Fsp3) is 0.280. The number of piperidine rings is 1. The normalized spacial score (nSPS) is 13.6. The molecule has 6 nitrogen and oxygen atoms in total. The molecule has 164 valence electrons. The average molecular weight is 447 g/mol. The van der Waals surface area contributed by atoms with E-state index >= 15 is 0 Å². The highest BCUT2D eigenvalue weighted by Crippen LogP contribution is 2.25. The molecule has 2 aromatic carbocycles. The number of benzene rings is 2. The van der Waals surface area contributed by atoms with Crippen LogP contribution < -0.4 is 10.2 Å². The predicted molar refractivity (Wildman–Crippen MR) is 129 cm³/mol. The Hall–Kier alpha value is -3.19. The van der Waals surface area contributed by atoms with E-state index in [2.05, 4.69) is 44.7 Å². The summed E-state index contributed by atoms with van der Waals surface area (Å²) < 4.78 is 0. The van der Waals surface area contributed by atoms with Crippen LogP contribution in [-0.4, -0.2) is 40.7 Å². The highest BCUT2D eigenvalue weighted by Gasteiger charge is 2.11. The van der Waals surface area contributed by atoms with E-state index in [1.54, 1.807) is 24.3 Å². The van der Waals surface area contributed by atoms with E-state index < -0.39 is 0 Å². The third kappa shape index (κ3) is 5.73. The van der Waals surface area contributed by atoms with Gasteiger partial charge in [-0.2, -0.15) is 0 Å². The summed E-state index contributed by atoms with van der Waals surface area (Å²) in [5.41, 5.74) is 4.38. The van der Waals surface area contributed by atoms with Crippen molar-refractivity contribution >= 4 is 34.8 Å². The molecule has 32 heavy (non-hydrogen) atoms. The van der Waals surface area contributed by atoms with Gasteiger partial charge in [0.15, 0.2) is 5.78 Å². The van der Waals surface area contributed by atoms with Crippen molar-refractivity contribution in [2.24, 2.45) is 0 Å². The zero-order chi connectivity index (χ0) is 22.3. The number of carbonyl (C=O) groups is 2. The van der Waals surface area contributed by atoms with E-state index in [1.165, 1.54) is 43.6 Å². The SMILES string of the molecule is CC(=O)c1ccc(NC(=O)CSc2ccc(-c3ccc(N4CCCCC4)cc3)nn2)cc1. The second kappa shape index (κ2) is 10.4. The summed E-state index contributed by atoms with van der Waals surface area (Å²) in [7, 11) is 0. The van der Waals surface area contributed by atoms with Gasteiger partial charge in [0.05, 0.1) is 11.4 Å². The molecule has 1 aliphatic heterocycles. The van der Waals surface area contributed by atoms with Crippen molar-refractivity contribution in [2.45, 2.75) is 31.2 Å². The number of amides is 1. The molecule has 0 atom stereocenters. The molecule has 1 saturated heterocycles. The first kappa shape index (κ1) is 22.0. The number of hydrogen-bond donors (Lipinski definition) is 1. The highest BCUT2D eigenvalue weighted by molar-refractivity contribution is 7.99. The molecule has 1 amide bonds. The van der Waals surface area contributed by atoms with E-state index in [0.717, 1.165) is 24.3 Å². The summed E-state index contributed by atoms with van der Waals surface area (Å²) >= 11 is 1.33. The second-order valence-corrected chi connectivity index (χ2v) is 8.82. The minimum Gasteiger partial charge on any atom is -0.372 e. The zero-order valence-electron chi connectivity index (χ0n) is 18.1. The summed E-state index contributed by atoms with van der Waals surface area (Å²) in [6, 6.07) is 19.2. The van der Waals surface area contributed by atoms with Gasteiger partial charge < -0.3 is 10.2 Å². The standard InChI is InChI=1S/C25H26N4O2S/c1-18(30)19-5-9-21(10-6-19)26-24(31)17-32-25-14-13-23(27-28-25)20-7-11-22(12-8-20)29-15-3-2-4-16-29/h5-14H,2-4,15-17H2,1H3,(H,26,31). The van der Waals surface area contributed by atoms with Crippen LogP contribution in [-0.2, 0) is 4.79 Å². The zero-order valence-corrected chi connectivity index (χ0v) is 18.9. The van der Waals surface area contributed by atoms with Crippen LogP contribution in [0.25, 0.3) is 11.3 Å². The topological polar surface area (TPSA) is 75.2 Å². The van der Waals surface area contributed by atoms with E-state index in [-0.39, 0.29) is 17.4 Å². The minimum atomic E-state index is -0.134. The quantitative estimate of drug-likeness (QED) is 0.404. The maximum absolute atomic E-state index is 12.2. The molecule has 0 radical (unpaired) electrons. The van der Waals surface area contributed by atoms with Crippen molar-refractivity contribution in [2.75, 3.05) is 29.1 Å². The number of anilines is 2. The van der Waals surface area contributed by atoms with Crippen LogP contribution in [0.5, 0.6) is 0 Å². The van der Waals surface area contributed by atoms with Crippen LogP contribution in [0.4, 0.5) is 11.4 Å². The fourth-order valence-electron chi connectivity index (χ4n) is 3.67. The largest absolute Gasteiger partial charge is 0.372 e. The molecular weight excluding hydrogens is 420 g/mol. The number of rotatable bonds is 7. The van der Waals surface area contributed by atoms with Gasteiger partial charge in [0.2, 0.25) is 5.91 Å². The number of nitrogens with zero attached hydrogens (tertiary/aromatic N) is 3. The van der Waals surface area contributed by atoms with Gasteiger partial charge in [0.1, 0.15) is 5.03 Å². The lowest BCUT2D eigenvalue weighted by atomic mass is 10.1. The lowest BCUT2D eigenvalue weighted by molar-refractivity contribution is -0.113. The molecule has 1 fully saturated rings. The predicted octanol–water partition coefficient (Wildman–Crippen LogP) is 5.07. The molecule has 1 aliphatic rings. The molecule has 0 spiro atoms. The molecule has 1 N–H and O–H groups in total. The van der Waals surface area contributed by atoms with Crippen LogP contribution in [0.2, 0.25) is 0 Å². The van der Waals surface area contributed by atoms with E-state index in [9.17, 15) is 9.59 Å². The number of Topliss-reactive ketones (excluding diaryl/α,β-unsaturated/α-hetero) is 1. The van der Waals surface area contributed by atoms with Crippen molar-refractivity contribution in [3.05, 3.63) is 66.2 Å². The van der Waals surface area contributed by atoms with Crippen molar-refractivity contribution < 1.29 is 9.59 Å². The van der Waals surface area contributed by atoms with E-state index in [4.69, 9.17) is 0 Å². The molecule has 0 aliphatic carbocycles. The van der Waals surface area contributed by atoms with Crippen LogP contribution in [0.3, 0.4) is 0 Å². The lowest BCUT2D eigenvalue weighted by Crippen LogP contribution is -2.29. The maximum atomic E-state index is 12.2. The number of thioether (sulfide) groups is 1. The molecule has 1 aromatic heterocycles. The summed E-state index contributed by atoms with van der Waals surface area (Å²) in [6.07, 6.45) is 3.84. The van der Waals surface area contributed by atoms with Gasteiger partial charge in [0, 0.05) is 35.6 Å². The van der Waals surface area contributed by atoms with Crippen LogP contribution in [0.1, 0.15) is 36.5 Å². The number of aromatic nitrogens is 2. The second-order valence-electron chi connectivity index (χ2n) is 7.82. The van der Waals surface area contributed by atoms with E-state index in [1.807, 2.05) is 12.1 Å². The summed E-state index contributed by atoms with van der Waals surface area (Å²) in [5.74, 6) is 0.0932. The third-order valence-electron chi connectivity index (χ3n) is 5.45. The Morgan fingerprint density at radius 1 is 0.906 bits per heavy atom. The highest BCUT2D eigenvalue weighted by atomic mass is 32.2. The number of hydrogen-bond acceptors (Lipinski definition) is 6. The van der Waals surface area contributed by atoms with Gasteiger partial charge in [-0.25, -0.2) is 0 Å². The first-order chi connectivity index (χ1) is 15.6. The smallest absolute Gasteiger partial charge is 0.234 e.